The van der Waals surface area contributed by atoms with Crippen LogP contribution in [-0.2, 0) is 0 Å². The molecule has 0 aliphatic carbocycles. The number of halogens is 1. The number of phenolic OH excluding ortho intramolecular Hbond substituents is 2. The van der Waals surface area contributed by atoms with Gasteiger partial charge >= 0.3 is 0 Å². The van der Waals surface area contributed by atoms with Crippen LogP contribution in [0.5, 0.6) is 17.2 Å². The van der Waals surface area contributed by atoms with Gasteiger partial charge in [-0.15, -0.1) is 0 Å². The predicted octanol–water partition coefficient (Wildman–Crippen LogP) is 6.53. The van der Waals surface area contributed by atoms with E-state index in [9.17, 15) is 14.6 Å². The molecule has 3 nitrogen and oxygen atoms in total. The molecule has 0 aliphatic heterocycles. The standard InChI is InChI=1S/C25H25FO3/c1-15(2)11-12-29-23-10-7-19(14-22(23)26)24-16(3)13-21(17(4)25(24)28)18-5-8-20(27)9-6-18/h5-11,13-14,27-28H,12H2,1-4H3. The van der Waals surface area contributed by atoms with Crippen molar-refractivity contribution in [1.29, 1.82) is 0 Å². The average Bonchev–Trinajstić information content (AvgIpc) is 2.67. The Balaban J connectivity index is 1.99. The van der Waals surface area contributed by atoms with Crippen molar-refractivity contribution in [1.82, 2.24) is 0 Å². The van der Waals surface area contributed by atoms with Crippen molar-refractivity contribution in [2.24, 2.45) is 0 Å². The summed E-state index contributed by atoms with van der Waals surface area (Å²) < 4.78 is 20.0. The minimum absolute atomic E-state index is 0.116. The van der Waals surface area contributed by atoms with Gasteiger partial charge in [0, 0.05) is 5.56 Å². The highest BCUT2D eigenvalue weighted by Crippen LogP contribution is 2.41. The molecule has 0 saturated heterocycles. The van der Waals surface area contributed by atoms with Crippen molar-refractivity contribution in [2.75, 3.05) is 6.61 Å². The van der Waals surface area contributed by atoms with E-state index in [0.29, 0.717) is 23.3 Å². The van der Waals surface area contributed by atoms with Crippen LogP contribution >= 0.6 is 0 Å². The monoisotopic (exact) mass is 392 g/mol. The van der Waals surface area contributed by atoms with E-state index in [4.69, 9.17) is 4.74 Å². The first-order valence-electron chi connectivity index (χ1n) is 9.46. The minimum Gasteiger partial charge on any atom is -0.508 e. The number of hydrogen-bond donors (Lipinski definition) is 2. The summed E-state index contributed by atoms with van der Waals surface area (Å²) >= 11 is 0. The van der Waals surface area contributed by atoms with Gasteiger partial charge in [-0.25, -0.2) is 4.39 Å². The van der Waals surface area contributed by atoms with Crippen LogP contribution in [0.15, 0.2) is 60.2 Å². The fourth-order valence-corrected chi connectivity index (χ4v) is 3.28. The molecule has 4 heteroatoms. The van der Waals surface area contributed by atoms with E-state index < -0.39 is 5.82 Å². The summed E-state index contributed by atoms with van der Waals surface area (Å²) in [6, 6.07) is 13.5. The highest BCUT2D eigenvalue weighted by molar-refractivity contribution is 5.82. The molecule has 3 rings (SSSR count). The summed E-state index contributed by atoms with van der Waals surface area (Å²) in [5.74, 6) is 0.0153. The maximum atomic E-state index is 14.6. The topological polar surface area (TPSA) is 49.7 Å². The van der Waals surface area contributed by atoms with Crippen LogP contribution < -0.4 is 4.74 Å². The Kier molecular flexibility index (Phi) is 5.92. The Bertz CT molecular complexity index is 1060. The van der Waals surface area contributed by atoms with Crippen LogP contribution in [-0.4, -0.2) is 16.8 Å². The van der Waals surface area contributed by atoms with Crippen molar-refractivity contribution in [3.05, 3.63) is 77.1 Å². The van der Waals surface area contributed by atoms with E-state index >= 15 is 0 Å². The zero-order valence-electron chi connectivity index (χ0n) is 17.1. The van der Waals surface area contributed by atoms with Gasteiger partial charge < -0.3 is 14.9 Å². The maximum absolute atomic E-state index is 14.6. The average molecular weight is 392 g/mol. The summed E-state index contributed by atoms with van der Waals surface area (Å²) in [7, 11) is 0. The zero-order chi connectivity index (χ0) is 21.1. The molecular formula is C25H25FO3. The van der Waals surface area contributed by atoms with E-state index in [1.54, 1.807) is 36.4 Å². The number of phenols is 2. The summed E-state index contributed by atoms with van der Waals surface area (Å²) in [5, 5.41) is 20.4. The number of aromatic hydroxyl groups is 2. The van der Waals surface area contributed by atoms with Crippen molar-refractivity contribution in [3.8, 4) is 39.5 Å². The van der Waals surface area contributed by atoms with E-state index in [1.165, 1.54) is 6.07 Å². The number of benzene rings is 3. The van der Waals surface area contributed by atoms with Crippen molar-refractivity contribution >= 4 is 0 Å². The largest absolute Gasteiger partial charge is 0.508 e. The van der Waals surface area contributed by atoms with Gasteiger partial charge in [0.25, 0.3) is 0 Å². The van der Waals surface area contributed by atoms with Gasteiger partial charge in [0.2, 0.25) is 0 Å². The Morgan fingerprint density at radius 3 is 2.24 bits per heavy atom. The molecule has 0 spiro atoms. The molecule has 0 aromatic heterocycles. The van der Waals surface area contributed by atoms with Crippen LogP contribution in [0.1, 0.15) is 25.0 Å². The molecule has 0 bridgehead atoms. The fourth-order valence-electron chi connectivity index (χ4n) is 3.28. The second kappa shape index (κ2) is 8.39. The third-order valence-electron chi connectivity index (χ3n) is 4.88. The smallest absolute Gasteiger partial charge is 0.165 e. The SMILES string of the molecule is CC(C)=CCOc1ccc(-c2c(C)cc(-c3ccc(O)cc3)c(C)c2O)cc1F. The highest BCUT2D eigenvalue weighted by atomic mass is 19.1. The second-order valence-electron chi connectivity index (χ2n) is 7.37. The van der Waals surface area contributed by atoms with Gasteiger partial charge in [0.15, 0.2) is 11.6 Å². The highest BCUT2D eigenvalue weighted by Gasteiger charge is 2.17. The lowest BCUT2D eigenvalue weighted by atomic mass is 9.90. The third kappa shape index (κ3) is 4.43. The molecule has 0 radical (unpaired) electrons. The van der Waals surface area contributed by atoms with Gasteiger partial charge in [-0.3, -0.25) is 0 Å². The van der Waals surface area contributed by atoms with Crippen LogP contribution in [0.2, 0.25) is 0 Å². The number of allylic oxidation sites excluding steroid dienone is 1. The molecule has 3 aromatic rings. The lowest BCUT2D eigenvalue weighted by Gasteiger charge is -2.16. The van der Waals surface area contributed by atoms with Crippen LogP contribution in [0.25, 0.3) is 22.3 Å². The Morgan fingerprint density at radius 1 is 0.966 bits per heavy atom. The number of aryl methyl sites for hydroxylation is 1. The normalized spacial score (nSPS) is 10.7. The van der Waals surface area contributed by atoms with E-state index in [2.05, 4.69) is 0 Å². The molecule has 0 unspecified atom stereocenters. The molecule has 150 valence electrons. The third-order valence-corrected chi connectivity index (χ3v) is 4.88. The van der Waals surface area contributed by atoms with Crippen molar-refractivity contribution < 1.29 is 19.3 Å². The molecule has 0 amide bonds. The summed E-state index contributed by atoms with van der Waals surface area (Å²) in [6.07, 6.45) is 1.88. The van der Waals surface area contributed by atoms with Gasteiger partial charge in [0.1, 0.15) is 18.1 Å². The van der Waals surface area contributed by atoms with E-state index in [0.717, 1.165) is 22.3 Å². The van der Waals surface area contributed by atoms with E-state index in [1.807, 2.05) is 39.8 Å². The maximum Gasteiger partial charge on any atom is 0.165 e. The molecule has 0 fully saturated rings. The molecular weight excluding hydrogens is 367 g/mol. The lowest BCUT2D eigenvalue weighted by Crippen LogP contribution is -1.98. The quantitative estimate of drug-likeness (QED) is 0.485. The Morgan fingerprint density at radius 2 is 1.62 bits per heavy atom. The Labute approximate surface area is 170 Å². The molecule has 0 saturated carbocycles. The number of hydrogen-bond acceptors (Lipinski definition) is 3. The lowest BCUT2D eigenvalue weighted by molar-refractivity contribution is 0.341. The van der Waals surface area contributed by atoms with Crippen LogP contribution in [0, 0.1) is 19.7 Å². The van der Waals surface area contributed by atoms with Crippen LogP contribution in [0.4, 0.5) is 4.39 Å². The Hall–Kier alpha value is -3.27. The first kappa shape index (κ1) is 20.5. The van der Waals surface area contributed by atoms with Crippen molar-refractivity contribution in [2.45, 2.75) is 27.7 Å². The molecule has 3 aromatic carbocycles. The fraction of sp³-hybridized carbons (Fsp3) is 0.200. The first-order valence-corrected chi connectivity index (χ1v) is 9.46. The first-order chi connectivity index (χ1) is 13.8. The van der Waals surface area contributed by atoms with Gasteiger partial charge in [-0.05, 0) is 85.9 Å². The van der Waals surface area contributed by atoms with Gasteiger partial charge in [-0.2, -0.15) is 0 Å². The number of ether oxygens (including phenoxy) is 1. The van der Waals surface area contributed by atoms with Gasteiger partial charge in [-0.1, -0.05) is 29.8 Å². The second-order valence-corrected chi connectivity index (χ2v) is 7.37. The molecule has 0 heterocycles. The van der Waals surface area contributed by atoms with E-state index in [-0.39, 0.29) is 17.2 Å². The summed E-state index contributed by atoms with van der Waals surface area (Å²) in [4.78, 5) is 0. The van der Waals surface area contributed by atoms with Crippen molar-refractivity contribution in [3.63, 3.8) is 0 Å². The molecule has 0 atom stereocenters. The molecule has 29 heavy (non-hydrogen) atoms. The van der Waals surface area contributed by atoms with Gasteiger partial charge in [0.05, 0.1) is 0 Å². The van der Waals surface area contributed by atoms with Crippen LogP contribution in [0.3, 0.4) is 0 Å². The summed E-state index contributed by atoms with van der Waals surface area (Å²) in [6.45, 7) is 7.93. The minimum atomic E-state index is -0.469. The molecule has 2 N–H and O–H groups in total. The summed E-state index contributed by atoms with van der Waals surface area (Å²) in [5.41, 5.74) is 5.57. The number of rotatable bonds is 5. The predicted molar refractivity (Wildman–Crippen MR) is 115 cm³/mol. The molecule has 0 aliphatic rings. The zero-order valence-corrected chi connectivity index (χ0v) is 17.1.